The molecular weight excluding hydrogens is 487 g/mol. The van der Waals surface area contributed by atoms with Crippen molar-refractivity contribution >= 4 is 41.5 Å². The van der Waals surface area contributed by atoms with Crippen molar-refractivity contribution in [1.29, 1.82) is 0 Å². The van der Waals surface area contributed by atoms with E-state index in [-0.39, 0.29) is 35.8 Å². The van der Waals surface area contributed by atoms with Crippen LogP contribution in [0.15, 0.2) is 23.2 Å². The molecule has 2 N–H and O–H groups in total. The van der Waals surface area contributed by atoms with Crippen LogP contribution in [0, 0.1) is 5.82 Å². The Morgan fingerprint density at radius 2 is 2.12 bits per heavy atom. The van der Waals surface area contributed by atoms with E-state index in [0.29, 0.717) is 49.0 Å². The molecule has 0 bridgehead atoms. The first-order valence-corrected chi connectivity index (χ1v) is 8.35. The minimum absolute atomic E-state index is 0. The number of likely N-dealkylation sites (tertiary alicyclic amines) is 1. The number of nitrogens with zero attached hydrogens (tertiary/aromatic N) is 2. The summed E-state index contributed by atoms with van der Waals surface area (Å²) < 4.78 is 51.0. The van der Waals surface area contributed by atoms with Gasteiger partial charge < -0.3 is 10.6 Å². The second-order valence-corrected chi connectivity index (χ2v) is 6.34. The fourth-order valence-corrected chi connectivity index (χ4v) is 3.07. The van der Waals surface area contributed by atoms with Crippen LogP contribution in [0.3, 0.4) is 0 Å². The molecule has 1 saturated heterocycles. The van der Waals surface area contributed by atoms with E-state index in [0.717, 1.165) is 0 Å². The Hall–Kier alpha value is -0.810. The van der Waals surface area contributed by atoms with E-state index in [1.807, 2.05) is 0 Å². The standard InChI is InChI=1S/C16H21ClF4N4.HI/c1-22-15(23-7-5-12-13(17)3-2-4-14(12)18)24-11-6-8-25(9-11)10-16(19,20)21;/h2-4,11H,5-10H2,1H3,(H2,22,23,24);1H. The minimum Gasteiger partial charge on any atom is -0.356 e. The Bertz CT molecular complexity index is 592. The molecule has 0 aromatic heterocycles. The highest BCUT2D eigenvalue weighted by molar-refractivity contribution is 14.0. The summed E-state index contributed by atoms with van der Waals surface area (Å²) in [6.45, 7) is 0.195. The zero-order chi connectivity index (χ0) is 18.4. The van der Waals surface area contributed by atoms with E-state index in [9.17, 15) is 17.6 Å². The maximum atomic E-state index is 13.7. The van der Waals surface area contributed by atoms with Crippen molar-refractivity contribution in [2.24, 2.45) is 4.99 Å². The van der Waals surface area contributed by atoms with Crippen LogP contribution in [-0.2, 0) is 6.42 Å². The second-order valence-electron chi connectivity index (χ2n) is 5.93. The quantitative estimate of drug-likeness (QED) is 0.277. The zero-order valence-electron chi connectivity index (χ0n) is 14.2. The van der Waals surface area contributed by atoms with Gasteiger partial charge in [0.2, 0.25) is 0 Å². The largest absolute Gasteiger partial charge is 0.401 e. The van der Waals surface area contributed by atoms with E-state index >= 15 is 0 Å². The number of nitrogens with one attached hydrogen (secondary N) is 2. The fraction of sp³-hybridized carbons (Fsp3) is 0.562. The van der Waals surface area contributed by atoms with Crippen molar-refractivity contribution in [3.63, 3.8) is 0 Å². The van der Waals surface area contributed by atoms with Crippen molar-refractivity contribution in [3.05, 3.63) is 34.6 Å². The van der Waals surface area contributed by atoms with Crippen molar-refractivity contribution in [3.8, 4) is 0 Å². The molecule has 4 nitrogen and oxygen atoms in total. The Kier molecular flexibility index (Phi) is 9.39. The lowest BCUT2D eigenvalue weighted by Crippen LogP contribution is -2.45. The molecule has 26 heavy (non-hydrogen) atoms. The highest BCUT2D eigenvalue weighted by Gasteiger charge is 2.34. The Labute approximate surface area is 172 Å². The number of rotatable bonds is 5. The lowest BCUT2D eigenvalue weighted by molar-refractivity contribution is -0.143. The molecule has 1 aromatic rings. The van der Waals surface area contributed by atoms with Gasteiger partial charge in [-0.15, -0.1) is 24.0 Å². The molecule has 0 aliphatic carbocycles. The molecule has 1 atom stereocenters. The van der Waals surface area contributed by atoms with Gasteiger partial charge in [0.05, 0.1) is 6.54 Å². The molecule has 1 unspecified atom stereocenters. The highest BCUT2D eigenvalue weighted by atomic mass is 127. The van der Waals surface area contributed by atoms with Gasteiger partial charge in [-0.1, -0.05) is 17.7 Å². The van der Waals surface area contributed by atoms with E-state index < -0.39 is 12.7 Å². The van der Waals surface area contributed by atoms with Crippen LogP contribution in [0.5, 0.6) is 0 Å². The minimum atomic E-state index is -4.19. The van der Waals surface area contributed by atoms with Gasteiger partial charge >= 0.3 is 6.18 Å². The van der Waals surface area contributed by atoms with E-state index in [1.54, 1.807) is 19.2 Å². The Morgan fingerprint density at radius 3 is 2.73 bits per heavy atom. The van der Waals surface area contributed by atoms with E-state index in [2.05, 4.69) is 15.6 Å². The molecule has 10 heteroatoms. The maximum absolute atomic E-state index is 13.7. The first kappa shape index (κ1) is 23.2. The molecule has 1 fully saturated rings. The third-order valence-corrected chi connectivity index (χ3v) is 4.32. The fourth-order valence-electron chi connectivity index (χ4n) is 2.81. The van der Waals surface area contributed by atoms with Crippen molar-refractivity contribution < 1.29 is 17.6 Å². The summed E-state index contributed by atoms with van der Waals surface area (Å²) in [5.74, 6) is 0.113. The average Bonchev–Trinajstić information content (AvgIpc) is 2.94. The molecule has 2 rings (SSSR count). The van der Waals surface area contributed by atoms with Gasteiger partial charge in [-0.05, 0) is 25.0 Å². The van der Waals surface area contributed by atoms with Crippen molar-refractivity contribution in [2.45, 2.75) is 25.1 Å². The zero-order valence-corrected chi connectivity index (χ0v) is 17.3. The van der Waals surface area contributed by atoms with Gasteiger partial charge in [-0.3, -0.25) is 9.89 Å². The van der Waals surface area contributed by atoms with Crippen LogP contribution in [-0.4, -0.2) is 56.3 Å². The monoisotopic (exact) mass is 508 g/mol. The van der Waals surface area contributed by atoms with Crippen LogP contribution in [0.25, 0.3) is 0 Å². The third kappa shape index (κ3) is 7.43. The van der Waals surface area contributed by atoms with Crippen molar-refractivity contribution in [2.75, 3.05) is 33.2 Å². The molecule has 1 aliphatic rings. The summed E-state index contributed by atoms with van der Waals surface area (Å²) in [5.41, 5.74) is 0.421. The molecule has 0 saturated carbocycles. The van der Waals surface area contributed by atoms with Gasteiger partial charge in [0, 0.05) is 43.3 Å². The molecule has 148 valence electrons. The van der Waals surface area contributed by atoms with Gasteiger partial charge in [0.25, 0.3) is 0 Å². The molecular formula is C16H22ClF4IN4. The van der Waals surface area contributed by atoms with Gasteiger partial charge in [-0.2, -0.15) is 13.2 Å². The highest BCUT2D eigenvalue weighted by Crippen LogP contribution is 2.20. The number of hydrogen-bond donors (Lipinski definition) is 2. The first-order chi connectivity index (χ1) is 11.8. The summed E-state index contributed by atoms with van der Waals surface area (Å²) in [4.78, 5) is 5.42. The average molecular weight is 509 g/mol. The van der Waals surface area contributed by atoms with Crippen LogP contribution in [0.2, 0.25) is 5.02 Å². The topological polar surface area (TPSA) is 39.7 Å². The first-order valence-electron chi connectivity index (χ1n) is 7.97. The molecule has 1 aromatic carbocycles. The predicted molar refractivity (Wildman–Crippen MR) is 106 cm³/mol. The van der Waals surface area contributed by atoms with Gasteiger partial charge in [-0.25, -0.2) is 4.39 Å². The third-order valence-electron chi connectivity index (χ3n) is 3.97. The SMILES string of the molecule is CN=C(NCCc1c(F)cccc1Cl)NC1CCN(CC(F)(F)F)C1.I. The summed E-state index contributed by atoms with van der Waals surface area (Å²) in [6, 6.07) is 4.41. The number of halogens is 6. The number of aliphatic imine (C=N–C) groups is 1. The number of guanidine groups is 1. The Balaban J connectivity index is 0.00000338. The Morgan fingerprint density at radius 1 is 1.38 bits per heavy atom. The predicted octanol–water partition coefficient (Wildman–Crippen LogP) is 3.44. The molecule has 0 spiro atoms. The summed E-state index contributed by atoms with van der Waals surface area (Å²) in [7, 11) is 1.58. The molecule has 0 radical (unpaired) electrons. The smallest absolute Gasteiger partial charge is 0.356 e. The molecule has 0 amide bonds. The van der Waals surface area contributed by atoms with Gasteiger partial charge in [0.15, 0.2) is 5.96 Å². The lowest BCUT2D eigenvalue weighted by atomic mass is 10.1. The number of alkyl halides is 3. The van der Waals surface area contributed by atoms with E-state index in [1.165, 1.54) is 11.0 Å². The molecule has 1 aliphatic heterocycles. The molecule has 1 heterocycles. The summed E-state index contributed by atoms with van der Waals surface area (Å²) in [6.07, 6.45) is -3.21. The maximum Gasteiger partial charge on any atom is 0.401 e. The van der Waals surface area contributed by atoms with Gasteiger partial charge in [0.1, 0.15) is 5.82 Å². The van der Waals surface area contributed by atoms with Crippen LogP contribution >= 0.6 is 35.6 Å². The normalized spacial score (nSPS) is 18.5. The lowest BCUT2D eigenvalue weighted by Gasteiger charge is -2.20. The van der Waals surface area contributed by atoms with E-state index in [4.69, 9.17) is 11.6 Å². The van der Waals surface area contributed by atoms with Crippen LogP contribution < -0.4 is 10.6 Å². The van der Waals surface area contributed by atoms with Crippen molar-refractivity contribution in [1.82, 2.24) is 15.5 Å². The van der Waals surface area contributed by atoms with Crippen LogP contribution in [0.4, 0.5) is 17.6 Å². The summed E-state index contributed by atoms with van der Waals surface area (Å²) >= 11 is 5.97. The van der Waals surface area contributed by atoms with Crippen LogP contribution in [0.1, 0.15) is 12.0 Å². The summed E-state index contributed by atoms with van der Waals surface area (Å²) in [5, 5.41) is 6.50. The second kappa shape index (κ2) is 10.5. The number of benzene rings is 1. The number of hydrogen-bond acceptors (Lipinski definition) is 2.